The molecule has 2 heterocycles. The summed E-state index contributed by atoms with van der Waals surface area (Å²) in [6, 6.07) is 10.9. The second-order valence-electron chi connectivity index (χ2n) is 8.72. The highest BCUT2D eigenvalue weighted by Crippen LogP contribution is 2.33. The maximum atomic E-state index is 13.2. The number of likely N-dealkylation sites (N-methyl/N-ethyl adjacent to an activating group) is 1. The van der Waals surface area contributed by atoms with E-state index in [1.165, 1.54) is 17.4 Å². The topological polar surface area (TPSA) is 66.9 Å². The Hall–Kier alpha value is -3.15. The molecule has 1 aromatic heterocycles. The number of alkyl halides is 3. The molecule has 0 saturated carbocycles. The number of hydrogen-bond donors (Lipinski definition) is 1. The molecule has 1 aliphatic rings. The van der Waals surface area contributed by atoms with Gasteiger partial charge in [0.1, 0.15) is 10.7 Å². The molecule has 0 radical (unpaired) electrons. The lowest BCUT2D eigenvalue weighted by atomic mass is 10.1. The Morgan fingerprint density at radius 2 is 1.81 bits per heavy atom. The van der Waals surface area contributed by atoms with E-state index in [0.717, 1.165) is 17.7 Å². The van der Waals surface area contributed by atoms with E-state index in [-0.39, 0.29) is 19.2 Å². The van der Waals surface area contributed by atoms with Crippen LogP contribution in [0.2, 0.25) is 0 Å². The van der Waals surface area contributed by atoms with Gasteiger partial charge in [0, 0.05) is 31.6 Å². The molecule has 1 amide bonds. The number of nitrogens with one attached hydrogen (secondary N) is 1. The van der Waals surface area contributed by atoms with Crippen molar-refractivity contribution >= 4 is 17.2 Å². The van der Waals surface area contributed by atoms with Gasteiger partial charge in [-0.25, -0.2) is 4.98 Å². The Labute approximate surface area is 211 Å². The van der Waals surface area contributed by atoms with Crippen LogP contribution in [0.1, 0.15) is 32.2 Å². The van der Waals surface area contributed by atoms with Crippen LogP contribution in [0.25, 0.3) is 0 Å². The average molecular weight is 521 g/mol. The SMILES string of the molecule is CN(C)CCNC(=O)c1csc(CN(Cc2cccc(C(F)(F)F)c2)Cc2ccc3c(c2)OCO3)n1. The zero-order chi connectivity index (χ0) is 25.7. The Kier molecular flexibility index (Phi) is 8.12. The van der Waals surface area contributed by atoms with E-state index < -0.39 is 11.7 Å². The van der Waals surface area contributed by atoms with Gasteiger partial charge in [-0.15, -0.1) is 11.3 Å². The predicted octanol–water partition coefficient (Wildman–Crippen LogP) is 4.38. The Morgan fingerprint density at radius 1 is 1.06 bits per heavy atom. The summed E-state index contributed by atoms with van der Waals surface area (Å²) in [5.74, 6) is 1.05. The third-order valence-corrected chi connectivity index (χ3v) is 6.33. The first-order chi connectivity index (χ1) is 17.2. The number of amides is 1. The predicted molar refractivity (Wildman–Crippen MR) is 130 cm³/mol. The molecule has 1 N–H and O–H groups in total. The molecule has 0 fully saturated rings. The molecular formula is C25H27F3N4O3S. The second kappa shape index (κ2) is 11.3. The molecule has 0 atom stereocenters. The number of halogens is 3. The summed E-state index contributed by atoms with van der Waals surface area (Å²) < 4.78 is 50.6. The quantitative estimate of drug-likeness (QED) is 0.428. The highest BCUT2D eigenvalue weighted by Gasteiger charge is 2.30. The third-order valence-electron chi connectivity index (χ3n) is 5.49. The van der Waals surface area contributed by atoms with Crippen LogP contribution in [-0.2, 0) is 25.8 Å². The third kappa shape index (κ3) is 6.96. The summed E-state index contributed by atoms with van der Waals surface area (Å²) in [6.07, 6.45) is -4.41. The van der Waals surface area contributed by atoms with E-state index in [1.807, 2.05) is 42.1 Å². The van der Waals surface area contributed by atoms with Crippen LogP contribution in [0.3, 0.4) is 0 Å². The molecule has 2 aromatic carbocycles. The Balaban J connectivity index is 1.50. The van der Waals surface area contributed by atoms with Crippen LogP contribution >= 0.6 is 11.3 Å². The van der Waals surface area contributed by atoms with E-state index >= 15 is 0 Å². The van der Waals surface area contributed by atoms with Crippen molar-refractivity contribution < 1.29 is 27.4 Å². The van der Waals surface area contributed by atoms with Crippen LogP contribution < -0.4 is 14.8 Å². The maximum absolute atomic E-state index is 13.2. The molecule has 4 rings (SSSR count). The fourth-order valence-electron chi connectivity index (χ4n) is 3.73. The number of fused-ring (bicyclic) bond motifs is 1. The van der Waals surface area contributed by atoms with Gasteiger partial charge in [-0.2, -0.15) is 13.2 Å². The summed E-state index contributed by atoms with van der Waals surface area (Å²) in [4.78, 5) is 20.8. The monoisotopic (exact) mass is 520 g/mol. The first kappa shape index (κ1) is 25.9. The molecule has 0 saturated heterocycles. The molecule has 0 bridgehead atoms. The first-order valence-electron chi connectivity index (χ1n) is 11.3. The van der Waals surface area contributed by atoms with Crippen LogP contribution in [0.5, 0.6) is 11.5 Å². The lowest BCUT2D eigenvalue weighted by molar-refractivity contribution is -0.137. The normalized spacial score (nSPS) is 13.0. The number of hydrogen-bond acceptors (Lipinski definition) is 7. The lowest BCUT2D eigenvalue weighted by Crippen LogP contribution is -2.31. The molecule has 0 spiro atoms. The minimum atomic E-state index is -4.41. The molecule has 192 valence electrons. The van der Waals surface area contributed by atoms with Crippen molar-refractivity contribution in [3.63, 3.8) is 0 Å². The van der Waals surface area contributed by atoms with Gasteiger partial charge in [0.25, 0.3) is 5.91 Å². The molecule has 11 heteroatoms. The second-order valence-corrected chi connectivity index (χ2v) is 9.66. The standard InChI is InChI=1S/C25H27F3N4O3S/c1-31(2)9-8-29-24(33)20-15-36-23(30-20)14-32(12-17-4-3-5-19(10-17)25(26,27)28)13-18-6-7-21-22(11-18)35-16-34-21/h3-7,10-11,15H,8-9,12-14,16H2,1-2H3,(H,29,33). The number of carbonyl (C=O) groups excluding carboxylic acids is 1. The van der Waals surface area contributed by atoms with Crippen molar-refractivity contribution in [3.05, 3.63) is 75.2 Å². The van der Waals surface area contributed by atoms with Gasteiger partial charge in [-0.1, -0.05) is 24.3 Å². The van der Waals surface area contributed by atoms with Crippen LogP contribution in [0.4, 0.5) is 13.2 Å². The largest absolute Gasteiger partial charge is 0.454 e. The summed E-state index contributed by atoms with van der Waals surface area (Å²) in [6.45, 7) is 2.44. The van der Waals surface area contributed by atoms with Crippen molar-refractivity contribution in [1.82, 2.24) is 20.1 Å². The number of aromatic nitrogens is 1. The van der Waals surface area contributed by atoms with E-state index in [2.05, 4.69) is 10.3 Å². The van der Waals surface area contributed by atoms with Gasteiger partial charge in [0.05, 0.1) is 12.1 Å². The zero-order valence-electron chi connectivity index (χ0n) is 20.0. The molecule has 0 aliphatic carbocycles. The average Bonchev–Trinajstić information content (AvgIpc) is 3.47. The van der Waals surface area contributed by atoms with Gasteiger partial charge < -0.3 is 19.7 Å². The number of carbonyl (C=O) groups is 1. The van der Waals surface area contributed by atoms with Gasteiger partial charge in [0.15, 0.2) is 11.5 Å². The number of nitrogens with zero attached hydrogens (tertiary/aromatic N) is 3. The summed E-state index contributed by atoms with van der Waals surface area (Å²) in [7, 11) is 3.85. The fourth-order valence-corrected chi connectivity index (χ4v) is 4.55. The van der Waals surface area contributed by atoms with E-state index in [9.17, 15) is 18.0 Å². The smallest absolute Gasteiger partial charge is 0.416 e. The van der Waals surface area contributed by atoms with E-state index in [1.54, 1.807) is 11.4 Å². The van der Waals surface area contributed by atoms with E-state index in [0.29, 0.717) is 53.9 Å². The molecule has 1 aliphatic heterocycles. The highest BCUT2D eigenvalue weighted by molar-refractivity contribution is 7.09. The van der Waals surface area contributed by atoms with Crippen molar-refractivity contribution in [2.24, 2.45) is 0 Å². The molecule has 36 heavy (non-hydrogen) atoms. The van der Waals surface area contributed by atoms with E-state index in [4.69, 9.17) is 9.47 Å². The van der Waals surface area contributed by atoms with Crippen molar-refractivity contribution in [3.8, 4) is 11.5 Å². The highest BCUT2D eigenvalue weighted by atomic mass is 32.1. The number of thiazole rings is 1. The van der Waals surface area contributed by atoms with Gasteiger partial charge in [-0.05, 0) is 43.4 Å². The molecular weight excluding hydrogens is 493 g/mol. The number of ether oxygens (including phenoxy) is 2. The summed E-state index contributed by atoms with van der Waals surface area (Å²) in [5, 5.41) is 5.23. The molecule has 7 nitrogen and oxygen atoms in total. The van der Waals surface area contributed by atoms with Crippen LogP contribution in [0, 0.1) is 0 Å². The maximum Gasteiger partial charge on any atom is 0.416 e. The minimum absolute atomic E-state index is 0.158. The fraction of sp³-hybridized carbons (Fsp3) is 0.360. The van der Waals surface area contributed by atoms with Crippen LogP contribution in [-0.4, -0.2) is 54.7 Å². The summed E-state index contributed by atoms with van der Waals surface area (Å²) in [5.41, 5.74) is 1.10. The van der Waals surface area contributed by atoms with Gasteiger partial charge in [-0.3, -0.25) is 9.69 Å². The molecule has 3 aromatic rings. The number of benzene rings is 2. The van der Waals surface area contributed by atoms with Crippen LogP contribution in [0.15, 0.2) is 47.8 Å². The summed E-state index contributed by atoms with van der Waals surface area (Å²) >= 11 is 1.35. The van der Waals surface area contributed by atoms with Crippen molar-refractivity contribution in [1.29, 1.82) is 0 Å². The van der Waals surface area contributed by atoms with Crippen molar-refractivity contribution in [2.45, 2.75) is 25.8 Å². The van der Waals surface area contributed by atoms with Gasteiger partial charge >= 0.3 is 6.18 Å². The minimum Gasteiger partial charge on any atom is -0.454 e. The Morgan fingerprint density at radius 3 is 2.56 bits per heavy atom. The van der Waals surface area contributed by atoms with Crippen molar-refractivity contribution in [2.75, 3.05) is 34.0 Å². The molecule has 0 unspecified atom stereocenters. The first-order valence-corrected chi connectivity index (χ1v) is 12.2. The Bertz CT molecular complexity index is 1200. The zero-order valence-corrected chi connectivity index (χ0v) is 20.8. The lowest BCUT2D eigenvalue weighted by Gasteiger charge is -2.22. The van der Waals surface area contributed by atoms with Gasteiger partial charge in [0.2, 0.25) is 6.79 Å². The number of rotatable bonds is 10.